The third-order valence-corrected chi connectivity index (χ3v) is 8.51. The molecule has 5 aliphatic rings. The second-order valence-corrected chi connectivity index (χ2v) is 10.2. The molecule has 3 aliphatic carbocycles. The molecule has 7 rings (SSSR count). The highest BCUT2D eigenvalue weighted by Crippen LogP contribution is 2.58. The van der Waals surface area contributed by atoms with Gasteiger partial charge >= 0.3 is 0 Å². The lowest BCUT2D eigenvalue weighted by atomic mass is 9.54. The molecule has 2 bridgehead atoms. The van der Waals surface area contributed by atoms with Crippen LogP contribution in [-0.4, -0.2) is 23.6 Å². The molecule has 2 unspecified atom stereocenters. The smallest absolute Gasteiger partial charge is 0.238 e. The molecule has 0 aromatic heterocycles. The van der Waals surface area contributed by atoms with Crippen LogP contribution in [0.4, 0.5) is 11.4 Å². The van der Waals surface area contributed by atoms with Crippen LogP contribution < -0.4 is 9.80 Å². The van der Waals surface area contributed by atoms with Gasteiger partial charge < -0.3 is 0 Å². The van der Waals surface area contributed by atoms with Crippen LogP contribution in [0, 0.1) is 63.2 Å². The summed E-state index contributed by atoms with van der Waals surface area (Å²) in [4.78, 5) is 57.0. The zero-order valence-corrected chi connectivity index (χ0v) is 19.6. The molecule has 2 aliphatic heterocycles. The molecule has 2 saturated heterocycles. The predicted molar refractivity (Wildman–Crippen MR) is 127 cm³/mol. The largest absolute Gasteiger partial charge is 0.274 e. The fourth-order valence-corrected chi connectivity index (χ4v) is 6.46. The van der Waals surface area contributed by atoms with E-state index in [0.717, 1.165) is 22.3 Å². The summed E-state index contributed by atoms with van der Waals surface area (Å²) in [6.07, 6.45) is 3.80. The van der Waals surface area contributed by atoms with Gasteiger partial charge in [-0.2, -0.15) is 0 Å². The quantitative estimate of drug-likeness (QED) is 0.513. The zero-order chi connectivity index (χ0) is 24.0. The van der Waals surface area contributed by atoms with Crippen LogP contribution in [0.15, 0.2) is 48.6 Å². The molecular formula is C28H26N2O4. The van der Waals surface area contributed by atoms with Crippen molar-refractivity contribution in [3.05, 3.63) is 70.8 Å². The van der Waals surface area contributed by atoms with E-state index >= 15 is 0 Å². The molecule has 3 fully saturated rings. The first-order chi connectivity index (χ1) is 16.2. The number of carbonyl (C=O) groups is 4. The topological polar surface area (TPSA) is 74.8 Å². The Hall–Kier alpha value is -3.54. The lowest BCUT2D eigenvalue weighted by Gasteiger charge is -2.44. The lowest BCUT2D eigenvalue weighted by Crippen LogP contribution is -2.50. The molecule has 6 heteroatoms. The number of anilines is 2. The molecular weight excluding hydrogens is 428 g/mol. The average Bonchev–Trinajstić information content (AvgIpc) is 3.25. The van der Waals surface area contributed by atoms with Crippen molar-refractivity contribution in [1.82, 2.24) is 0 Å². The van der Waals surface area contributed by atoms with Crippen LogP contribution in [0.5, 0.6) is 0 Å². The summed E-state index contributed by atoms with van der Waals surface area (Å²) in [5.74, 6) is -4.40. The Morgan fingerprint density at radius 3 is 1.12 bits per heavy atom. The number of benzene rings is 2. The van der Waals surface area contributed by atoms with Crippen LogP contribution in [-0.2, 0) is 19.2 Å². The van der Waals surface area contributed by atoms with Gasteiger partial charge in [0, 0.05) is 11.8 Å². The van der Waals surface area contributed by atoms with Gasteiger partial charge in [-0.05, 0) is 74.2 Å². The summed E-state index contributed by atoms with van der Waals surface area (Å²) in [6, 6.07) is 11.1. The first-order valence-corrected chi connectivity index (χ1v) is 11.8. The summed E-state index contributed by atoms with van der Waals surface area (Å²) < 4.78 is 0. The first-order valence-electron chi connectivity index (χ1n) is 11.8. The standard InChI is InChI=1S/C28H26N2O4/c1-13-5-7-17(11-15(13)3)29-25(31)21-19-9-10-20(22(21)26(29)32)24-23(19)27(33)30(28(24)34)18-8-6-14(2)16(4)12-18/h5-12,19-24H,1-4H3/t19?,20?,21-,22-,23-,24+/m1/s1. The summed E-state index contributed by atoms with van der Waals surface area (Å²) in [5.41, 5.74) is 5.29. The van der Waals surface area contributed by atoms with Gasteiger partial charge in [0.15, 0.2) is 0 Å². The van der Waals surface area contributed by atoms with Crippen molar-refractivity contribution in [2.24, 2.45) is 35.5 Å². The molecule has 0 N–H and O–H groups in total. The van der Waals surface area contributed by atoms with Crippen molar-refractivity contribution in [2.45, 2.75) is 27.7 Å². The van der Waals surface area contributed by atoms with Crippen LogP contribution in [0.25, 0.3) is 0 Å². The molecule has 2 aromatic rings. The number of nitrogens with zero attached hydrogens (tertiary/aromatic N) is 2. The van der Waals surface area contributed by atoms with Crippen molar-refractivity contribution in [2.75, 3.05) is 9.80 Å². The van der Waals surface area contributed by atoms with Crippen molar-refractivity contribution in [3.8, 4) is 0 Å². The highest BCUT2D eigenvalue weighted by molar-refractivity contribution is 6.26. The molecule has 1 saturated carbocycles. The van der Waals surface area contributed by atoms with E-state index in [1.165, 1.54) is 9.80 Å². The van der Waals surface area contributed by atoms with E-state index < -0.39 is 35.5 Å². The Labute approximate surface area is 198 Å². The van der Waals surface area contributed by atoms with Crippen molar-refractivity contribution >= 4 is 35.0 Å². The number of amides is 4. The van der Waals surface area contributed by atoms with E-state index in [1.54, 1.807) is 12.1 Å². The summed E-state index contributed by atoms with van der Waals surface area (Å²) in [6.45, 7) is 7.86. The molecule has 6 atom stereocenters. The maximum Gasteiger partial charge on any atom is 0.238 e. The second-order valence-electron chi connectivity index (χ2n) is 10.2. The highest BCUT2D eigenvalue weighted by Gasteiger charge is 2.68. The molecule has 172 valence electrons. The molecule has 4 amide bonds. The van der Waals surface area contributed by atoms with Gasteiger partial charge in [0.25, 0.3) is 0 Å². The number of hydrogen-bond acceptors (Lipinski definition) is 4. The summed E-state index contributed by atoms with van der Waals surface area (Å²) >= 11 is 0. The summed E-state index contributed by atoms with van der Waals surface area (Å²) in [5, 5.41) is 0. The minimum Gasteiger partial charge on any atom is -0.274 e. The molecule has 2 heterocycles. The Kier molecular flexibility index (Phi) is 4.32. The van der Waals surface area contributed by atoms with Crippen molar-refractivity contribution in [3.63, 3.8) is 0 Å². The molecule has 0 spiro atoms. The van der Waals surface area contributed by atoms with Gasteiger partial charge in [-0.15, -0.1) is 0 Å². The van der Waals surface area contributed by atoms with Gasteiger partial charge in [0.1, 0.15) is 0 Å². The third kappa shape index (κ3) is 2.57. The van der Waals surface area contributed by atoms with E-state index in [2.05, 4.69) is 0 Å². The van der Waals surface area contributed by atoms with Gasteiger partial charge in [0.05, 0.1) is 35.0 Å². The Bertz CT molecular complexity index is 1200. The average molecular weight is 455 g/mol. The van der Waals surface area contributed by atoms with Crippen LogP contribution >= 0.6 is 0 Å². The van der Waals surface area contributed by atoms with Crippen molar-refractivity contribution < 1.29 is 19.2 Å². The third-order valence-electron chi connectivity index (χ3n) is 8.51. The minimum absolute atomic E-state index is 0.263. The zero-order valence-electron chi connectivity index (χ0n) is 19.6. The molecule has 2 aromatic carbocycles. The van der Waals surface area contributed by atoms with Crippen LogP contribution in [0.3, 0.4) is 0 Å². The number of aryl methyl sites for hydroxylation is 4. The number of hydrogen-bond donors (Lipinski definition) is 0. The van der Waals surface area contributed by atoms with E-state index in [4.69, 9.17) is 0 Å². The Balaban J connectivity index is 1.39. The first kappa shape index (κ1) is 21.0. The monoisotopic (exact) mass is 454 g/mol. The SMILES string of the molecule is Cc1ccc(N2C(=O)[C@@H]3C4C=CC([C@H]3C2=O)[C@@H]2C(=O)N(c3ccc(C)c(C)c3)C(=O)[C@H]42)cc1C. The summed E-state index contributed by atoms with van der Waals surface area (Å²) in [7, 11) is 0. The predicted octanol–water partition coefficient (Wildman–Crippen LogP) is 3.65. The Morgan fingerprint density at radius 2 is 0.824 bits per heavy atom. The van der Waals surface area contributed by atoms with Crippen LogP contribution in [0.1, 0.15) is 22.3 Å². The molecule has 0 radical (unpaired) electrons. The van der Waals surface area contributed by atoms with E-state index in [-0.39, 0.29) is 23.6 Å². The fourth-order valence-electron chi connectivity index (χ4n) is 6.46. The van der Waals surface area contributed by atoms with Gasteiger partial charge in [-0.1, -0.05) is 24.3 Å². The fraction of sp³-hybridized carbons (Fsp3) is 0.357. The van der Waals surface area contributed by atoms with Crippen LogP contribution in [0.2, 0.25) is 0 Å². The van der Waals surface area contributed by atoms with Gasteiger partial charge in [-0.25, -0.2) is 0 Å². The van der Waals surface area contributed by atoms with E-state index in [1.807, 2.05) is 64.1 Å². The number of carbonyl (C=O) groups excluding carboxylic acids is 4. The Morgan fingerprint density at radius 1 is 0.500 bits per heavy atom. The molecule has 6 nitrogen and oxygen atoms in total. The maximum atomic E-state index is 13.6. The number of imide groups is 2. The van der Waals surface area contributed by atoms with E-state index in [0.29, 0.717) is 11.4 Å². The molecule has 34 heavy (non-hydrogen) atoms. The minimum atomic E-state index is -0.609. The highest BCUT2D eigenvalue weighted by atomic mass is 16.2. The normalized spacial score (nSPS) is 31.5. The maximum absolute atomic E-state index is 13.6. The lowest BCUT2D eigenvalue weighted by molar-refractivity contribution is -0.137. The number of rotatable bonds is 2. The van der Waals surface area contributed by atoms with Gasteiger partial charge in [0.2, 0.25) is 23.6 Å². The second kappa shape index (κ2) is 6.98. The van der Waals surface area contributed by atoms with Crippen molar-refractivity contribution in [1.29, 1.82) is 0 Å². The number of allylic oxidation sites excluding steroid dienone is 2. The van der Waals surface area contributed by atoms with E-state index in [9.17, 15) is 19.2 Å². The van der Waals surface area contributed by atoms with Gasteiger partial charge in [-0.3, -0.25) is 29.0 Å².